The molecule has 0 aromatic heterocycles. The van der Waals surface area contributed by atoms with Crippen LogP contribution in [0.5, 0.6) is 0 Å². The van der Waals surface area contributed by atoms with E-state index in [0.29, 0.717) is 0 Å². The Hall–Kier alpha value is -0.195. The number of rotatable bonds is 3. The van der Waals surface area contributed by atoms with Crippen molar-refractivity contribution in [1.29, 1.82) is 0 Å². The number of hydrogen-bond acceptors (Lipinski definition) is 0. The van der Waals surface area contributed by atoms with Gasteiger partial charge in [0.25, 0.3) is 0 Å². The Morgan fingerprint density at radius 2 is 2.07 bits per heavy atom. The van der Waals surface area contributed by atoms with Crippen LogP contribution in [0.2, 0.25) is 19.5 Å². The fraction of sp³-hybridized carbons (Fsp3) is 0.846. The Morgan fingerprint density at radius 1 is 1.43 bits per heavy atom. The fourth-order valence-electron chi connectivity index (χ4n) is 2.70. The Morgan fingerprint density at radius 3 is 2.57 bits per heavy atom. The van der Waals surface area contributed by atoms with Gasteiger partial charge in [0.2, 0.25) is 0 Å². The highest BCUT2D eigenvalue weighted by Crippen LogP contribution is 2.36. The predicted octanol–water partition coefficient (Wildman–Crippen LogP) is 4.51. The van der Waals surface area contributed by atoms with E-state index in [0.717, 1.165) is 24.4 Å². The molecular weight excluding hydrogens is 167 g/mol. The second-order valence-corrected chi connectivity index (χ2v) is 5.82. The molecule has 0 aromatic carbocycles. The van der Waals surface area contributed by atoms with Crippen molar-refractivity contribution < 1.29 is 0 Å². The highest BCUT2D eigenvalue weighted by atomic mass is 14.3. The van der Waals surface area contributed by atoms with Crippen molar-refractivity contribution >= 4 is 6.71 Å². The second-order valence-electron chi connectivity index (χ2n) is 5.82. The van der Waals surface area contributed by atoms with E-state index < -0.39 is 0 Å². The van der Waals surface area contributed by atoms with Crippen molar-refractivity contribution in [1.82, 2.24) is 0 Å². The second kappa shape index (κ2) is 5.05. The van der Waals surface area contributed by atoms with Gasteiger partial charge >= 0.3 is 0 Å². The first kappa shape index (κ1) is 11.9. The van der Waals surface area contributed by atoms with Crippen LogP contribution < -0.4 is 0 Å². The molecule has 1 heteroatoms. The average Bonchev–Trinajstić information content (AvgIpc) is 2.01. The lowest BCUT2D eigenvalue weighted by Gasteiger charge is -2.31. The molecule has 3 atom stereocenters. The summed E-state index contributed by atoms with van der Waals surface area (Å²) in [7, 11) is 0. The molecule has 14 heavy (non-hydrogen) atoms. The smallest absolute Gasteiger partial charge is 0.0998 e. The summed E-state index contributed by atoms with van der Waals surface area (Å²) < 4.78 is 0. The third kappa shape index (κ3) is 3.51. The lowest BCUT2D eigenvalue weighted by Crippen LogP contribution is -2.19. The zero-order valence-corrected chi connectivity index (χ0v) is 10.3. The number of hydrogen-bond donors (Lipinski definition) is 0. The summed E-state index contributed by atoms with van der Waals surface area (Å²) >= 11 is 0. The van der Waals surface area contributed by atoms with Crippen LogP contribution in [-0.2, 0) is 0 Å². The summed E-state index contributed by atoms with van der Waals surface area (Å²) in [6.45, 7) is 14.4. The Balaban J connectivity index is 2.40. The van der Waals surface area contributed by atoms with Gasteiger partial charge in [-0.1, -0.05) is 51.9 Å². The molecule has 0 bridgehead atoms. The van der Waals surface area contributed by atoms with Gasteiger partial charge in [0, 0.05) is 0 Å². The van der Waals surface area contributed by atoms with E-state index >= 15 is 0 Å². The molecule has 0 heterocycles. The first-order chi connectivity index (χ1) is 6.49. The maximum Gasteiger partial charge on any atom is 0.136 e. The summed E-state index contributed by atoms with van der Waals surface area (Å²) in [5.74, 6) is 2.67. The zero-order chi connectivity index (χ0) is 10.7. The van der Waals surface area contributed by atoms with Crippen molar-refractivity contribution in [3.8, 4) is 0 Å². The Kier molecular flexibility index (Phi) is 4.28. The Bertz CT molecular complexity index is 195. The van der Waals surface area contributed by atoms with E-state index in [1.165, 1.54) is 31.3 Å². The predicted molar refractivity (Wildman–Crippen MR) is 67.2 cm³/mol. The third-order valence-corrected chi connectivity index (χ3v) is 3.79. The molecule has 0 saturated heterocycles. The zero-order valence-electron chi connectivity index (χ0n) is 10.3. The van der Waals surface area contributed by atoms with Gasteiger partial charge in [0.1, 0.15) is 6.71 Å². The van der Waals surface area contributed by atoms with E-state index in [-0.39, 0.29) is 0 Å². The van der Waals surface area contributed by atoms with Gasteiger partial charge in [-0.05, 0) is 31.1 Å². The molecule has 1 fully saturated rings. The van der Waals surface area contributed by atoms with Crippen molar-refractivity contribution in [3.63, 3.8) is 0 Å². The normalized spacial score (nSPS) is 30.1. The Labute approximate surface area is 90.2 Å². The van der Waals surface area contributed by atoms with Crippen LogP contribution in [0, 0.1) is 11.8 Å². The largest absolute Gasteiger partial charge is 0.136 e. The van der Waals surface area contributed by atoms with E-state index in [4.69, 9.17) is 0 Å². The fourth-order valence-corrected chi connectivity index (χ4v) is 2.70. The van der Waals surface area contributed by atoms with E-state index in [1.54, 1.807) is 0 Å². The molecule has 0 aliphatic heterocycles. The molecule has 1 saturated carbocycles. The van der Waals surface area contributed by atoms with Crippen LogP contribution in [0.25, 0.3) is 0 Å². The third-order valence-electron chi connectivity index (χ3n) is 3.79. The lowest BCUT2D eigenvalue weighted by atomic mass is 9.44. The van der Waals surface area contributed by atoms with Crippen LogP contribution in [0.4, 0.5) is 0 Å². The summed E-state index contributed by atoms with van der Waals surface area (Å²) in [6, 6.07) is 0. The molecule has 1 rings (SSSR count). The molecule has 0 radical (unpaired) electrons. The van der Waals surface area contributed by atoms with Gasteiger partial charge in [-0.2, -0.15) is 0 Å². The maximum absolute atomic E-state index is 4.17. The molecule has 3 unspecified atom stereocenters. The van der Waals surface area contributed by atoms with E-state index in [1.807, 2.05) is 0 Å². The van der Waals surface area contributed by atoms with Gasteiger partial charge < -0.3 is 0 Å². The lowest BCUT2D eigenvalue weighted by molar-refractivity contribution is 0.318. The topological polar surface area (TPSA) is 0 Å². The molecular formula is C13H25B. The molecule has 0 spiro atoms. The quantitative estimate of drug-likeness (QED) is 0.455. The molecule has 0 N–H and O–H groups in total. The van der Waals surface area contributed by atoms with Crippen molar-refractivity contribution in [3.05, 3.63) is 12.2 Å². The molecule has 1 aliphatic carbocycles. The van der Waals surface area contributed by atoms with Crippen molar-refractivity contribution in [2.75, 3.05) is 0 Å². The molecule has 1 aliphatic rings. The van der Waals surface area contributed by atoms with Crippen LogP contribution >= 0.6 is 0 Å². The van der Waals surface area contributed by atoms with Crippen LogP contribution in [0.1, 0.15) is 39.5 Å². The SMILES string of the molecule is C=C1CC(C)CC(CC(C)B(C)C)C1. The minimum Gasteiger partial charge on any atom is -0.0998 e. The van der Waals surface area contributed by atoms with Crippen LogP contribution in [0.3, 0.4) is 0 Å². The standard InChI is InChI=1S/C13H25B/c1-10-6-11(2)8-13(7-10)9-12(3)14(4)5/h11-13H,1,6-9H2,2-5H3. The van der Waals surface area contributed by atoms with Gasteiger partial charge in [-0.25, -0.2) is 0 Å². The maximum atomic E-state index is 4.17. The minimum absolute atomic E-state index is 0.834. The molecule has 0 amide bonds. The van der Waals surface area contributed by atoms with Crippen molar-refractivity contribution in [2.45, 2.75) is 59.0 Å². The van der Waals surface area contributed by atoms with Gasteiger partial charge in [-0.3, -0.25) is 0 Å². The first-order valence-electron chi connectivity index (χ1n) is 6.15. The molecule has 0 aromatic rings. The molecule has 0 nitrogen and oxygen atoms in total. The average molecular weight is 192 g/mol. The number of allylic oxidation sites excluding steroid dienone is 1. The first-order valence-corrected chi connectivity index (χ1v) is 6.15. The van der Waals surface area contributed by atoms with Gasteiger partial charge in [0.05, 0.1) is 0 Å². The van der Waals surface area contributed by atoms with Gasteiger partial charge in [-0.15, -0.1) is 0 Å². The monoisotopic (exact) mass is 192 g/mol. The summed E-state index contributed by atoms with van der Waals surface area (Å²) in [5.41, 5.74) is 1.49. The van der Waals surface area contributed by atoms with Gasteiger partial charge in [0.15, 0.2) is 0 Å². The van der Waals surface area contributed by atoms with E-state index in [9.17, 15) is 0 Å². The van der Waals surface area contributed by atoms with Crippen LogP contribution in [-0.4, -0.2) is 6.71 Å². The molecule has 80 valence electrons. The van der Waals surface area contributed by atoms with E-state index in [2.05, 4.69) is 34.1 Å². The van der Waals surface area contributed by atoms with Crippen LogP contribution in [0.15, 0.2) is 12.2 Å². The highest BCUT2D eigenvalue weighted by Gasteiger charge is 2.24. The minimum atomic E-state index is 0.834. The summed E-state index contributed by atoms with van der Waals surface area (Å²) in [6.07, 6.45) is 5.39. The summed E-state index contributed by atoms with van der Waals surface area (Å²) in [4.78, 5) is 0. The summed E-state index contributed by atoms with van der Waals surface area (Å²) in [5, 5.41) is 0. The van der Waals surface area contributed by atoms with Crippen molar-refractivity contribution in [2.24, 2.45) is 11.8 Å². The highest BCUT2D eigenvalue weighted by molar-refractivity contribution is 6.57.